The molecule has 1 fully saturated rings. The van der Waals surface area contributed by atoms with Crippen LogP contribution in [0.5, 0.6) is 0 Å². The van der Waals surface area contributed by atoms with Gasteiger partial charge in [0.25, 0.3) is 0 Å². The number of hydrogen-bond donors (Lipinski definition) is 1. The van der Waals surface area contributed by atoms with E-state index in [1.807, 2.05) is 0 Å². The Morgan fingerprint density at radius 3 is 2.43 bits per heavy atom. The first kappa shape index (κ1) is 12.0. The summed E-state index contributed by atoms with van der Waals surface area (Å²) < 4.78 is 0. The number of unbranched alkanes of at least 4 members (excludes halogenated alkanes) is 3. The Morgan fingerprint density at radius 2 is 1.86 bits per heavy atom. The van der Waals surface area contributed by atoms with Gasteiger partial charge in [0.05, 0.1) is 0 Å². The molecule has 84 valence electrons. The molecule has 0 aliphatic heterocycles. The predicted octanol–water partition coefficient (Wildman–Crippen LogP) is 2.24. The molecule has 0 heterocycles. The van der Waals surface area contributed by atoms with E-state index in [0.29, 0.717) is 0 Å². The van der Waals surface area contributed by atoms with Crippen molar-refractivity contribution in [1.29, 1.82) is 0 Å². The minimum atomic E-state index is 0.861. The number of nitrogens with two attached hydrogens (primary N) is 1. The Kier molecular flexibility index (Phi) is 6.20. The van der Waals surface area contributed by atoms with Gasteiger partial charge in [0.2, 0.25) is 0 Å². The highest BCUT2D eigenvalue weighted by Gasteiger charge is 2.23. The van der Waals surface area contributed by atoms with E-state index in [1.54, 1.807) is 0 Å². The van der Waals surface area contributed by atoms with Crippen molar-refractivity contribution >= 4 is 0 Å². The molecular weight excluding hydrogens is 172 g/mol. The Labute approximate surface area is 88.8 Å². The summed E-state index contributed by atoms with van der Waals surface area (Å²) in [6, 6.07) is 0. The minimum absolute atomic E-state index is 0.861. The summed E-state index contributed by atoms with van der Waals surface area (Å²) >= 11 is 0. The number of hydrogen-bond acceptors (Lipinski definition) is 2. The molecular formula is C12H26N2. The van der Waals surface area contributed by atoms with Gasteiger partial charge in [0.15, 0.2) is 0 Å². The third-order valence-electron chi connectivity index (χ3n) is 3.09. The van der Waals surface area contributed by atoms with Crippen LogP contribution in [-0.2, 0) is 0 Å². The van der Waals surface area contributed by atoms with Crippen LogP contribution in [0.3, 0.4) is 0 Å². The lowest BCUT2D eigenvalue weighted by Gasteiger charge is -2.19. The minimum Gasteiger partial charge on any atom is -0.330 e. The molecule has 0 spiro atoms. The second kappa shape index (κ2) is 7.24. The summed E-state index contributed by atoms with van der Waals surface area (Å²) in [5, 5.41) is 0. The van der Waals surface area contributed by atoms with Gasteiger partial charge >= 0.3 is 0 Å². The normalized spacial score (nSPS) is 16.5. The average Bonchev–Trinajstić information content (AvgIpc) is 2.99. The summed E-state index contributed by atoms with van der Waals surface area (Å²) in [5.41, 5.74) is 5.46. The molecule has 2 N–H and O–H groups in total. The lowest BCUT2D eigenvalue weighted by Crippen LogP contribution is -2.26. The molecule has 2 heteroatoms. The summed E-state index contributed by atoms with van der Waals surface area (Å²) in [6.07, 6.45) is 8.19. The zero-order valence-corrected chi connectivity index (χ0v) is 9.67. The van der Waals surface area contributed by atoms with Crippen LogP contribution in [0.4, 0.5) is 0 Å². The van der Waals surface area contributed by atoms with Crippen LogP contribution in [0.25, 0.3) is 0 Å². The van der Waals surface area contributed by atoms with Crippen LogP contribution in [-0.4, -0.2) is 31.1 Å². The number of rotatable bonds is 9. The zero-order valence-electron chi connectivity index (χ0n) is 9.67. The SMILES string of the molecule is CCN(CCCCCCN)CC1CC1. The molecule has 0 aromatic carbocycles. The first-order valence-electron chi connectivity index (χ1n) is 6.29. The predicted molar refractivity (Wildman–Crippen MR) is 62.4 cm³/mol. The second-order valence-electron chi connectivity index (χ2n) is 4.54. The van der Waals surface area contributed by atoms with Gasteiger partial charge in [-0.1, -0.05) is 19.8 Å². The van der Waals surface area contributed by atoms with E-state index in [0.717, 1.165) is 12.5 Å². The first-order valence-corrected chi connectivity index (χ1v) is 6.29. The molecule has 0 aromatic rings. The van der Waals surface area contributed by atoms with Gasteiger partial charge in [-0.2, -0.15) is 0 Å². The van der Waals surface area contributed by atoms with E-state index in [1.165, 1.54) is 58.2 Å². The van der Waals surface area contributed by atoms with E-state index in [4.69, 9.17) is 5.73 Å². The maximum Gasteiger partial charge on any atom is 0.000954 e. The molecule has 0 bridgehead atoms. The van der Waals surface area contributed by atoms with E-state index in [-0.39, 0.29) is 0 Å². The van der Waals surface area contributed by atoms with Crippen molar-refractivity contribution in [3.05, 3.63) is 0 Å². The summed E-state index contributed by atoms with van der Waals surface area (Å²) in [6.45, 7) is 7.03. The third-order valence-corrected chi connectivity index (χ3v) is 3.09. The highest BCUT2D eigenvalue weighted by molar-refractivity contribution is 4.76. The second-order valence-corrected chi connectivity index (χ2v) is 4.54. The summed E-state index contributed by atoms with van der Waals surface area (Å²) in [4.78, 5) is 2.61. The van der Waals surface area contributed by atoms with Gasteiger partial charge < -0.3 is 10.6 Å². The van der Waals surface area contributed by atoms with Crippen LogP contribution in [0, 0.1) is 5.92 Å². The van der Waals surface area contributed by atoms with E-state index in [9.17, 15) is 0 Å². The summed E-state index contributed by atoms with van der Waals surface area (Å²) in [7, 11) is 0. The molecule has 1 aliphatic rings. The summed E-state index contributed by atoms with van der Waals surface area (Å²) in [5.74, 6) is 1.04. The maximum absolute atomic E-state index is 5.46. The van der Waals surface area contributed by atoms with Crippen molar-refractivity contribution in [2.45, 2.75) is 45.4 Å². The largest absolute Gasteiger partial charge is 0.330 e. The zero-order chi connectivity index (χ0) is 10.2. The fourth-order valence-corrected chi connectivity index (χ4v) is 1.88. The Bertz CT molecular complexity index is 132. The molecule has 0 aromatic heterocycles. The monoisotopic (exact) mass is 198 g/mol. The first-order chi connectivity index (χ1) is 6.86. The van der Waals surface area contributed by atoms with Crippen molar-refractivity contribution < 1.29 is 0 Å². The molecule has 0 saturated heterocycles. The van der Waals surface area contributed by atoms with Crippen LogP contribution in [0.15, 0.2) is 0 Å². The van der Waals surface area contributed by atoms with Gasteiger partial charge in [-0.3, -0.25) is 0 Å². The molecule has 0 radical (unpaired) electrons. The Balaban J connectivity index is 1.90. The maximum atomic E-state index is 5.46. The molecule has 1 saturated carbocycles. The van der Waals surface area contributed by atoms with Gasteiger partial charge in [-0.25, -0.2) is 0 Å². The average molecular weight is 198 g/mol. The van der Waals surface area contributed by atoms with Crippen molar-refractivity contribution in [2.24, 2.45) is 11.7 Å². The van der Waals surface area contributed by atoms with Crippen molar-refractivity contribution in [3.63, 3.8) is 0 Å². The van der Waals surface area contributed by atoms with Crippen molar-refractivity contribution in [1.82, 2.24) is 4.90 Å². The third kappa shape index (κ3) is 5.61. The molecule has 0 atom stereocenters. The van der Waals surface area contributed by atoms with Crippen LogP contribution in [0.2, 0.25) is 0 Å². The highest BCUT2D eigenvalue weighted by Crippen LogP contribution is 2.29. The van der Waals surface area contributed by atoms with Gasteiger partial charge in [-0.15, -0.1) is 0 Å². The molecule has 1 aliphatic carbocycles. The highest BCUT2D eigenvalue weighted by atomic mass is 15.1. The van der Waals surface area contributed by atoms with Crippen LogP contribution in [0.1, 0.15) is 45.4 Å². The topological polar surface area (TPSA) is 29.3 Å². The van der Waals surface area contributed by atoms with Crippen LogP contribution >= 0.6 is 0 Å². The van der Waals surface area contributed by atoms with Gasteiger partial charge in [0.1, 0.15) is 0 Å². The standard InChI is InChI=1S/C12H26N2/c1-2-14(11-12-7-8-12)10-6-4-3-5-9-13/h12H,2-11,13H2,1H3. The molecule has 0 amide bonds. The smallest absolute Gasteiger partial charge is 0.000954 e. The van der Waals surface area contributed by atoms with Gasteiger partial charge in [-0.05, 0) is 51.2 Å². The Hall–Kier alpha value is -0.0800. The fraction of sp³-hybridized carbons (Fsp3) is 1.00. The lowest BCUT2D eigenvalue weighted by molar-refractivity contribution is 0.270. The Morgan fingerprint density at radius 1 is 1.14 bits per heavy atom. The molecule has 14 heavy (non-hydrogen) atoms. The fourth-order valence-electron chi connectivity index (χ4n) is 1.88. The van der Waals surface area contributed by atoms with Crippen molar-refractivity contribution in [2.75, 3.05) is 26.2 Å². The van der Waals surface area contributed by atoms with E-state index >= 15 is 0 Å². The number of nitrogens with zero attached hydrogens (tertiary/aromatic N) is 1. The van der Waals surface area contributed by atoms with E-state index < -0.39 is 0 Å². The lowest BCUT2D eigenvalue weighted by atomic mass is 10.2. The van der Waals surface area contributed by atoms with E-state index in [2.05, 4.69) is 11.8 Å². The molecule has 0 unspecified atom stereocenters. The molecule has 1 rings (SSSR count). The van der Waals surface area contributed by atoms with Gasteiger partial charge in [0, 0.05) is 6.54 Å². The quantitative estimate of drug-likeness (QED) is 0.576. The van der Waals surface area contributed by atoms with Crippen LogP contribution < -0.4 is 5.73 Å². The van der Waals surface area contributed by atoms with Crippen molar-refractivity contribution in [3.8, 4) is 0 Å². The molecule has 2 nitrogen and oxygen atoms in total.